The van der Waals surface area contributed by atoms with Gasteiger partial charge in [0.05, 0.1) is 18.6 Å². The summed E-state index contributed by atoms with van der Waals surface area (Å²) < 4.78 is 0. The van der Waals surface area contributed by atoms with E-state index >= 15 is 0 Å². The van der Waals surface area contributed by atoms with Gasteiger partial charge in [-0.2, -0.15) is 0 Å². The molecule has 152 valence electrons. The van der Waals surface area contributed by atoms with Crippen molar-refractivity contribution in [3.63, 3.8) is 0 Å². The minimum atomic E-state index is -0.555. The fourth-order valence-corrected chi connectivity index (χ4v) is 3.98. The number of piperidine rings is 1. The molecule has 7 heteroatoms. The summed E-state index contributed by atoms with van der Waals surface area (Å²) in [6, 6.07) is 7.29. The average Bonchev–Trinajstić information content (AvgIpc) is 2.70. The molecule has 3 N–H and O–H groups in total. The summed E-state index contributed by atoms with van der Waals surface area (Å²) in [5.74, 6) is -0.529. The number of hydrogen-bond acceptors (Lipinski definition) is 4. The Morgan fingerprint density at radius 3 is 2.68 bits per heavy atom. The third-order valence-electron chi connectivity index (χ3n) is 5.71. The van der Waals surface area contributed by atoms with Gasteiger partial charge in [-0.05, 0) is 57.2 Å². The van der Waals surface area contributed by atoms with Gasteiger partial charge in [0.15, 0.2) is 0 Å². The third-order valence-corrected chi connectivity index (χ3v) is 5.71. The molecule has 1 aliphatic heterocycles. The fourth-order valence-electron chi connectivity index (χ4n) is 3.98. The molecule has 1 heterocycles. The normalized spacial score (nSPS) is 22.9. The van der Waals surface area contributed by atoms with Crippen LogP contribution in [-0.4, -0.2) is 54.8 Å². The Morgan fingerprint density at radius 2 is 1.89 bits per heavy atom. The van der Waals surface area contributed by atoms with Gasteiger partial charge in [-0.3, -0.25) is 14.4 Å². The zero-order valence-electron chi connectivity index (χ0n) is 16.7. The van der Waals surface area contributed by atoms with Crippen molar-refractivity contribution in [2.24, 2.45) is 0 Å². The minimum Gasteiger partial charge on any atom is -0.348 e. The van der Waals surface area contributed by atoms with E-state index in [0.29, 0.717) is 13.0 Å². The smallest absolute Gasteiger partial charge is 0.245 e. The summed E-state index contributed by atoms with van der Waals surface area (Å²) in [5, 5.41) is 8.75. The highest BCUT2D eigenvalue weighted by Gasteiger charge is 2.32. The second kappa shape index (κ2) is 9.19. The lowest BCUT2D eigenvalue weighted by atomic mass is 9.88. The lowest BCUT2D eigenvalue weighted by molar-refractivity contribution is -0.142. The molecule has 3 rings (SSSR count). The summed E-state index contributed by atoms with van der Waals surface area (Å²) >= 11 is 0. The van der Waals surface area contributed by atoms with Gasteiger partial charge in [0.2, 0.25) is 17.7 Å². The van der Waals surface area contributed by atoms with E-state index < -0.39 is 6.04 Å². The predicted octanol–water partition coefficient (Wildman–Crippen LogP) is 0.895. The Balaban J connectivity index is 1.57. The van der Waals surface area contributed by atoms with E-state index in [2.05, 4.69) is 28.1 Å². The Bertz CT molecular complexity index is 736. The number of fused-ring (bicyclic) bond motifs is 1. The van der Waals surface area contributed by atoms with E-state index in [1.54, 1.807) is 18.9 Å². The van der Waals surface area contributed by atoms with Crippen LogP contribution in [0.15, 0.2) is 24.3 Å². The van der Waals surface area contributed by atoms with Crippen molar-refractivity contribution in [1.82, 2.24) is 20.9 Å². The van der Waals surface area contributed by atoms with Crippen LogP contribution in [0.5, 0.6) is 0 Å². The molecular weight excluding hydrogens is 356 g/mol. The summed E-state index contributed by atoms with van der Waals surface area (Å²) in [7, 11) is 1.70. The lowest BCUT2D eigenvalue weighted by Crippen LogP contribution is -2.56. The van der Waals surface area contributed by atoms with Crippen LogP contribution in [0.4, 0.5) is 0 Å². The first-order chi connectivity index (χ1) is 13.5. The van der Waals surface area contributed by atoms with Crippen molar-refractivity contribution in [3.8, 4) is 0 Å². The van der Waals surface area contributed by atoms with E-state index in [1.807, 2.05) is 12.1 Å². The first-order valence-electron chi connectivity index (χ1n) is 10.1. The highest BCUT2D eigenvalue weighted by molar-refractivity contribution is 5.92. The number of rotatable bonds is 6. The summed E-state index contributed by atoms with van der Waals surface area (Å²) in [6.45, 7) is 2.32. The molecule has 1 aromatic rings. The molecule has 1 aliphatic carbocycles. The van der Waals surface area contributed by atoms with Crippen LogP contribution in [0.1, 0.15) is 49.8 Å². The molecule has 0 saturated carbocycles. The summed E-state index contributed by atoms with van der Waals surface area (Å²) in [6.07, 6.45) is 4.37. The van der Waals surface area contributed by atoms with Crippen LogP contribution < -0.4 is 16.0 Å². The molecule has 7 nitrogen and oxygen atoms in total. The van der Waals surface area contributed by atoms with Gasteiger partial charge in [-0.15, -0.1) is 0 Å². The van der Waals surface area contributed by atoms with E-state index in [4.69, 9.17) is 0 Å². The van der Waals surface area contributed by atoms with E-state index in [-0.39, 0.29) is 36.3 Å². The van der Waals surface area contributed by atoms with Crippen LogP contribution in [0, 0.1) is 0 Å². The first kappa shape index (κ1) is 20.3. The Kier molecular flexibility index (Phi) is 6.67. The number of likely N-dealkylation sites (tertiary alicyclic amines) is 1. The molecule has 1 saturated heterocycles. The standard InChI is InChI=1S/C21H30N4O3/c1-14(22-2)20(27)24-18-11-6-12-25(21(18)28)13-19(26)23-17-10-5-8-15-7-3-4-9-16(15)17/h3-4,7,9,14,17-18,22H,5-6,8,10-13H2,1-2H3,(H,23,26)(H,24,27)/t14-,17+,18-/m0/s1. The maximum atomic E-state index is 12.7. The molecule has 0 spiro atoms. The molecule has 2 aliphatic rings. The number of likely N-dealkylation sites (N-methyl/N-ethyl adjacent to an activating group) is 1. The second-order valence-electron chi connectivity index (χ2n) is 7.68. The molecule has 0 radical (unpaired) electrons. The van der Waals surface area contributed by atoms with Crippen molar-refractivity contribution < 1.29 is 14.4 Å². The maximum absolute atomic E-state index is 12.7. The van der Waals surface area contributed by atoms with Crippen LogP contribution in [0.25, 0.3) is 0 Å². The molecule has 28 heavy (non-hydrogen) atoms. The number of aryl methyl sites for hydroxylation is 1. The molecule has 3 atom stereocenters. The van der Waals surface area contributed by atoms with Gasteiger partial charge < -0.3 is 20.9 Å². The van der Waals surface area contributed by atoms with Gasteiger partial charge in [-0.1, -0.05) is 24.3 Å². The van der Waals surface area contributed by atoms with Crippen LogP contribution in [-0.2, 0) is 20.8 Å². The van der Waals surface area contributed by atoms with Crippen LogP contribution >= 0.6 is 0 Å². The van der Waals surface area contributed by atoms with Crippen molar-refractivity contribution in [1.29, 1.82) is 0 Å². The molecule has 1 fully saturated rings. The number of benzene rings is 1. The lowest BCUT2D eigenvalue weighted by Gasteiger charge is -2.33. The summed E-state index contributed by atoms with van der Waals surface area (Å²) in [5.41, 5.74) is 2.47. The molecule has 1 aromatic carbocycles. The van der Waals surface area contributed by atoms with E-state index in [0.717, 1.165) is 25.7 Å². The average molecular weight is 386 g/mol. The quantitative estimate of drug-likeness (QED) is 0.677. The monoisotopic (exact) mass is 386 g/mol. The largest absolute Gasteiger partial charge is 0.348 e. The Hall–Kier alpha value is -2.41. The summed E-state index contributed by atoms with van der Waals surface area (Å²) in [4.78, 5) is 39.0. The van der Waals surface area contributed by atoms with Crippen molar-refractivity contribution in [2.75, 3.05) is 20.1 Å². The molecular formula is C21H30N4O3. The Labute approximate surface area is 166 Å². The highest BCUT2D eigenvalue weighted by Crippen LogP contribution is 2.29. The highest BCUT2D eigenvalue weighted by atomic mass is 16.2. The number of amides is 3. The van der Waals surface area contributed by atoms with E-state index in [1.165, 1.54) is 11.1 Å². The number of carbonyl (C=O) groups is 3. The molecule has 0 bridgehead atoms. The predicted molar refractivity (Wildman–Crippen MR) is 107 cm³/mol. The van der Waals surface area contributed by atoms with Crippen molar-refractivity contribution >= 4 is 17.7 Å². The van der Waals surface area contributed by atoms with Crippen molar-refractivity contribution in [3.05, 3.63) is 35.4 Å². The molecule has 0 aromatic heterocycles. The third kappa shape index (κ3) is 4.70. The minimum absolute atomic E-state index is 0.00400. The maximum Gasteiger partial charge on any atom is 0.245 e. The first-order valence-corrected chi connectivity index (χ1v) is 10.1. The van der Waals surface area contributed by atoms with Gasteiger partial charge >= 0.3 is 0 Å². The van der Waals surface area contributed by atoms with E-state index in [9.17, 15) is 14.4 Å². The molecule has 0 unspecified atom stereocenters. The number of nitrogens with one attached hydrogen (secondary N) is 3. The van der Waals surface area contributed by atoms with Crippen LogP contribution in [0.3, 0.4) is 0 Å². The van der Waals surface area contributed by atoms with Crippen LogP contribution in [0.2, 0.25) is 0 Å². The second-order valence-corrected chi connectivity index (χ2v) is 7.68. The number of hydrogen-bond donors (Lipinski definition) is 3. The van der Waals surface area contributed by atoms with Gasteiger partial charge in [0.1, 0.15) is 6.04 Å². The van der Waals surface area contributed by atoms with Gasteiger partial charge in [-0.25, -0.2) is 0 Å². The number of carbonyl (C=O) groups excluding carboxylic acids is 3. The zero-order chi connectivity index (χ0) is 20.1. The molecule has 3 amide bonds. The SMILES string of the molecule is CN[C@@H](C)C(=O)N[C@H]1CCCN(CC(=O)N[C@@H]2CCCc3ccccc32)C1=O. The fraction of sp³-hybridized carbons (Fsp3) is 0.571. The topological polar surface area (TPSA) is 90.5 Å². The Morgan fingerprint density at radius 1 is 1.14 bits per heavy atom. The van der Waals surface area contributed by atoms with Gasteiger partial charge in [0, 0.05) is 6.54 Å². The number of nitrogens with zero attached hydrogens (tertiary/aromatic N) is 1. The van der Waals surface area contributed by atoms with Crippen molar-refractivity contribution in [2.45, 2.75) is 57.2 Å². The zero-order valence-corrected chi connectivity index (χ0v) is 16.7. The van der Waals surface area contributed by atoms with Gasteiger partial charge in [0.25, 0.3) is 0 Å².